The number of amides is 1. The van der Waals surface area contributed by atoms with Crippen molar-refractivity contribution in [3.63, 3.8) is 0 Å². The van der Waals surface area contributed by atoms with Crippen LogP contribution in [0.25, 0.3) is 0 Å². The van der Waals surface area contributed by atoms with E-state index in [0.717, 1.165) is 24.4 Å². The number of hydrogen-bond donors (Lipinski definition) is 0. The molecule has 1 aromatic heterocycles. The third kappa shape index (κ3) is 4.23. The van der Waals surface area contributed by atoms with Gasteiger partial charge in [-0.1, -0.05) is 18.2 Å². The number of rotatable bonds is 7. The predicted octanol–water partition coefficient (Wildman–Crippen LogP) is 3.35. The van der Waals surface area contributed by atoms with Crippen LogP contribution in [0.1, 0.15) is 29.9 Å². The number of nitrogens with zero attached hydrogens (tertiary/aromatic N) is 2. The Hall–Kier alpha value is -2.14. The van der Waals surface area contributed by atoms with Gasteiger partial charge in [0.25, 0.3) is 0 Å². The summed E-state index contributed by atoms with van der Waals surface area (Å²) >= 11 is 0. The first-order chi connectivity index (χ1) is 11.5. The third-order valence-corrected chi connectivity index (χ3v) is 4.35. The molecule has 1 aliphatic carbocycles. The molecule has 0 saturated heterocycles. The molecule has 128 valence electrons. The van der Waals surface area contributed by atoms with E-state index in [2.05, 4.69) is 4.90 Å². The summed E-state index contributed by atoms with van der Waals surface area (Å²) in [4.78, 5) is 16.3. The molecule has 1 aromatic carbocycles. The number of carbonyl (C=O) groups is 1. The van der Waals surface area contributed by atoms with Gasteiger partial charge in [0.2, 0.25) is 5.91 Å². The lowest BCUT2D eigenvalue weighted by atomic mass is 10.2. The normalized spacial score (nSPS) is 14.2. The lowest BCUT2D eigenvalue weighted by Crippen LogP contribution is -2.39. The minimum absolute atomic E-state index is 0.0206. The lowest BCUT2D eigenvalue weighted by molar-refractivity contribution is -0.132. The van der Waals surface area contributed by atoms with E-state index < -0.39 is 0 Å². The van der Waals surface area contributed by atoms with Crippen molar-refractivity contribution < 1.29 is 13.6 Å². The molecule has 24 heavy (non-hydrogen) atoms. The van der Waals surface area contributed by atoms with Gasteiger partial charge >= 0.3 is 0 Å². The Morgan fingerprint density at radius 1 is 1.21 bits per heavy atom. The second kappa shape index (κ2) is 7.18. The topological polar surface area (TPSA) is 36.7 Å². The van der Waals surface area contributed by atoms with E-state index in [4.69, 9.17) is 4.42 Å². The van der Waals surface area contributed by atoms with E-state index in [9.17, 15) is 9.18 Å². The van der Waals surface area contributed by atoms with Crippen LogP contribution in [0.2, 0.25) is 0 Å². The fraction of sp³-hybridized carbons (Fsp3) is 0.421. The van der Waals surface area contributed by atoms with E-state index in [-0.39, 0.29) is 11.7 Å². The van der Waals surface area contributed by atoms with Gasteiger partial charge in [0.1, 0.15) is 17.3 Å². The van der Waals surface area contributed by atoms with Crippen LogP contribution < -0.4 is 0 Å². The van der Waals surface area contributed by atoms with Crippen LogP contribution in [0.4, 0.5) is 4.39 Å². The smallest absolute Gasteiger partial charge is 0.236 e. The number of likely N-dealkylation sites (N-methyl/N-ethyl adjacent to an activating group) is 1. The molecule has 1 heterocycles. The van der Waals surface area contributed by atoms with E-state index in [1.54, 1.807) is 24.1 Å². The average molecular weight is 330 g/mol. The number of hydrogen-bond acceptors (Lipinski definition) is 3. The summed E-state index contributed by atoms with van der Waals surface area (Å²) < 4.78 is 19.4. The van der Waals surface area contributed by atoms with Crippen molar-refractivity contribution in [3.05, 3.63) is 59.3 Å². The molecule has 0 bridgehead atoms. The van der Waals surface area contributed by atoms with Gasteiger partial charge in [-0.25, -0.2) is 4.39 Å². The molecular formula is C19H23FN2O2. The zero-order chi connectivity index (χ0) is 17.1. The van der Waals surface area contributed by atoms with Crippen molar-refractivity contribution in [2.45, 2.75) is 38.9 Å². The summed E-state index contributed by atoms with van der Waals surface area (Å²) in [6.07, 6.45) is 2.14. The number of aryl methyl sites for hydroxylation is 1. The summed E-state index contributed by atoms with van der Waals surface area (Å²) in [5.74, 6) is 1.42. The van der Waals surface area contributed by atoms with E-state index in [1.807, 2.05) is 25.1 Å². The first-order valence-corrected chi connectivity index (χ1v) is 8.29. The molecule has 1 saturated carbocycles. The maximum absolute atomic E-state index is 13.9. The lowest BCUT2D eigenvalue weighted by Gasteiger charge is -2.25. The summed E-state index contributed by atoms with van der Waals surface area (Å²) in [6.45, 7) is 3.10. The molecule has 4 nitrogen and oxygen atoms in total. The van der Waals surface area contributed by atoms with Gasteiger partial charge in [-0.05, 0) is 38.0 Å². The predicted molar refractivity (Wildman–Crippen MR) is 89.8 cm³/mol. The van der Waals surface area contributed by atoms with Crippen LogP contribution in [0.3, 0.4) is 0 Å². The van der Waals surface area contributed by atoms with Crippen LogP contribution in [-0.2, 0) is 17.9 Å². The Morgan fingerprint density at radius 3 is 2.58 bits per heavy atom. The number of benzene rings is 1. The standard InChI is InChI=1S/C19H23FN2O2/c1-14-7-10-17(24-14)12-21(2)19(23)13-22(16-8-9-16)11-15-5-3-4-6-18(15)20/h3-7,10,16H,8-9,11-13H2,1-2H3. The summed E-state index contributed by atoms with van der Waals surface area (Å²) in [6, 6.07) is 10.9. The molecule has 0 unspecified atom stereocenters. The van der Waals surface area contributed by atoms with Crippen molar-refractivity contribution in [1.82, 2.24) is 9.80 Å². The highest BCUT2D eigenvalue weighted by Crippen LogP contribution is 2.28. The zero-order valence-electron chi connectivity index (χ0n) is 14.2. The molecule has 1 amide bonds. The Morgan fingerprint density at radius 2 is 1.96 bits per heavy atom. The van der Waals surface area contributed by atoms with E-state index in [0.29, 0.717) is 31.2 Å². The first-order valence-electron chi connectivity index (χ1n) is 8.29. The maximum atomic E-state index is 13.9. The van der Waals surface area contributed by atoms with Crippen molar-refractivity contribution in [2.24, 2.45) is 0 Å². The zero-order valence-corrected chi connectivity index (χ0v) is 14.2. The monoisotopic (exact) mass is 330 g/mol. The average Bonchev–Trinajstić information content (AvgIpc) is 3.32. The van der Waals surface area contributed by atoms with Gasteiger partial charge in [-0.2, -0.15) is 0 Å². The van der Waals surface area contributed by atoms with E-state index >= 15 is 0 Å². The van der Waals surface area contributed by atoms with Crippen LogP contribution >= 0.6 is 0 Å². The minimum Gasteiger partial charge on any atom is -0.464 e. The van der Waals surface area contributed by atoms with Crippen molar-refractivity contribution >= 4 is 5.91 Å². The van der Waals surface area contributed by atoms with Crippen molar-refractivity contribution in [3.8, 4) is 0 Å². The van der Waals surface area contributed by atoms with Gasteiger partial charge in [-0.15, -0.1) is 0 Å². The fourth-order valence-electron chi connectivity index (χ4n) is 2.79. The molecule has 1 aliphatic rings. The van der Waals surface area contributed by atoms with Gasteiger partial charge in [0, 0.05) is 25.2 Å². The molecule has 1 fully saturated rings. The SMILES string of the molecule is Cc1ccc(CN(C)C(=O)CN(Cc2ccccc2F)C2CC2)o1. The van der Waals surface area contributed by atoms with Crippen LogP contribution in [0.5, 0.6) is 0 Å². The summed E-state index contributed by atoms with van der Waals surface area (Å²) in [5.41, 5.74) is 0.640. The highest BCUT2D eigenvalue weighted by molar-refractivity contribution is 5.78. The Kier molecular flexibility index (Phi) is 5.00. The second-order valence-electron chi connectivity index (χ2n) is 6.49. The summed E-state index contributed by atoms with van der Waals surface area (Å²) in [5, 5.41) is 0. The molecule has 0 radical (unpaired) electrons. The first kappa shape index (κ1) is 16.7. The molecule has 0 aliphatic heterocycles. The Bertz CT molecular complexity index is 709. The quantitative estimate of drug-likeness (QED) is 0.781. The van der Waals surface area contributed by atoms with Gasteiger partial charge in [0.05, 0.1) is 13.1 Å². The third-order valence-electron chi connectivity index (χ3n) is 4.35. The highest BCUT2D eigenvalue weighted by atomic mass is 19.1. The fourth-order valence-corrected chi connectivity index (χ4v) is 2.79. The second-order valence-corrected chi connectivity index (χ2v) is 6.49. The molecular weight excluding hydrogens is 307 g/mol. The Labute approximate surface area is 141 Å². The number of furan rings is 1. The van der Waals surface area contributed by atoms with Crippen LogP contribution in [-0.4, -0.2) is 35.3 Å². The van der Waals surface area contributed by atoms with Crippen LogP contribution in [0.15, 0.2) is 40.8 Å². The molecule has 0 atom stereocenters. The van der Waals surface area contributed by atoms with Crippen molar-refractivity contribution in [2.75, 3.05) is 13.6 Å². The summed E-state index contributed by atoms with van der Waals surface area (Å²) in [7, 11) is 1.77. The molecule has 0 N–H and O–H groups in total. The molecule has 2 aromatic rings. The molecule has 5 heteroatoms. The molecule has 0 spiro atoms. The van der Waals surface area contributed by atoms with Gasteiger partial charge in [-0.3, -0.25) is 9.69 Å². The van der Waals surface area contributed by atoms with E-state index in [1.165, 1.54) is 6.07 Å². The highest BCUT2D eigenvalue weighted by Gasteiger charge is 2.31. The number of carbonyl (C=O) groups excluding carboxylic acids is 1. The van der Waals surface area contributed by atoms with Crippen molar-refractivity contribution in [1.29, 1.82) is 0 Å². The number of halogens is 1. The largest absolute Gasteiger partial charge is 0.464 e. The van der Waals surface area contributed by atoms with Gasteiger partial charge in [0.15, 0.2) is 0 Å². The van der Waals surface area contributed by atoms with Gasteiger partial charge < -0.3 is 9.32 Å². The minimum atomic E-state index is -0.213. The van der Waals surface area contributed by atoms with Crippen LogP contribution in [0, 0.1) is 12.7 Å². The maximum Gasteiger partial charge on any atom is 0.236 e. The molecule has 3 rings (SSSR count). The Balaban J connectivity index is 1.60.